The summed E-state index contributed by atoms with van der Waals surface area (Å²) >= 11 is 0. The normalized spacial score (nSPS) is 25.9. The predicted octanol–water partition coefficient (Wildman–Crippen LogP) is 10.1. The molecule has 1 N–H and O–H groups in total. The number of aliphatic hydroxyl groups is 1. The van der Waals surface area contributed by atoms with Crippen LogP contribution in [0.3, 0.4) is 0 Å². The zero-order chi connectivity index (χ0) is 32.7. The maximum absolute atomic E-state index is 13.8. The van der Waals surface area contributed by atoms with E-state index in [2.05, 4.69) is 33.9 Å². The molecule has 0 aliphatic heterocycles. The summed E-state index contributed by atoms with van der Waals surface area (Å²) in [6, 6.07) is 7.30. The monoisotopic (exact) mass is 648 g/mol. The van der Waals surface area contributed by atoms with Gasteiger partial charge in [-0.25, -0.2) is 4.39 Å². The number of ether oxygens (including phenoxy) is 1. The number of hydrogen-bond acceptors (Lipinski definition) is 3. The highest BCUT2D eigenvalue weighted by molar-refractivity contribution is 6.74. The molecule has 0 aromatic heterocycles. The Morgan fingerprint density at radius 3 is 2.05 bits per heavy atom. The lowest BCUT2D eigenvalue weighted by Gasteiger charge is -2.42. The standard InChI is InChI=1S/C33H43F7O3Si/c1-30(2,3)44(4,5)43-19-21-8-11-24(15-21)31(14-6-7-28(31)22-9-12-27(34)13-10-22)42-20-29(41)23-16-25(32(35,36)37)18-26(17-23)33(38,39)40/h9-10,12-13,16-18,21,24,28-29,41H,6-8,11,14-15,19-20H2,1-5H3/t21?,24?,28?,29-,31?/m1/s1. The fourth-order valence-corrected chi connectivity index (χ4v) is 7.72. The Labute approximate surface area is 256 Å². The van der Waals surface area contributed by atoms with Crippen molar-refractivity contribution in [1.82, 2.24) is 0 Å². The molecule has 0 heterocycles. The molecule has 2 aromatic rings. The van der Waals surface area contributed by atoms with Crippen LogP contribution >= 0.6 is 0 Å². The summed E-state index contributed by atoms with van der Waals surface area (Å²) in [6.07, 6.45) is -7.17. The number of benzene rings is 2. The van der Waals surface area contributed by atoms with Crippen LogP contribution < -0.4 is 0 Å². The molecule has 0 amide bonds. The number of rotatable bonds is 9. The second-order valence-corrected chi connectivity index (χ2v) is 18.9. The van der Waals surface area contributed by atoms with Crippen LogP contribution in [0.25, 0.3) is 0 Å². The van der Waals surface area contributed by atoms with Gasteiger partial charge in [-0.05, 0) is 110 Å². The third kappa shape index (κ3) is 7.70. The van der Waals surface area contributed by atoms with Gasteiger partial charge < -0.3 is 14.3 Å². The Kier molecular flexibility index (Phi) is 10.1. The molecule has 44 heavy (non-hydrogen) atoms. The molecule has 0 bridgehead atoms. The predicted molar refractivity (Wildman–Crippen MR) is 157 cm³/mol. The molecule has 2 aromatic carbocycles. The summed E-state index contributed by atoms with van der Waals surface area (Å²) in [5.41, 5.74) is -3.44. The zero-order valence-corrected chi connectivity index (χ0v) is 26.9. The van der Waals surface area contributed by atoms with Gasteiger partial charge in [0.25, 0.3) is 0 Å². The highest BCUT2D eigenvalue weighted by Gasteiger charge is 2.52. The van der Waals surface area contributed by atoms with Crippen LogP contribution in [0.5, 0.6) is 0 Å². The fraction of sp³-hybridized carbons (Fsp3) is 0.636. The van der Waals surface area contributed by atoms with E-state index in [0.717, 1.165) is 37.7 Å². The van der Waals surface area contributed by atoms with Gasteiger partial charge in [-0.3, -0.25) is 0 Å². The summed E-state index contributed by atoms with van der Waals surface area (Å²) in [5, 5.41) is 11.0. The average molecular weight is 649 g/mol. The van der Waals surface area contributed by atoms with Crippen molar-refractivity contribution >= 4 is 8.32 Å². The smallest absolute Gasteiger partial charge is 0.416 e. The molecule has 2 saturated carbocycles. The van der Waals surface area contributed by atoms with Crippen molar-refractivity contribution < 1.29 is 45.0 Å². The Morgan fingerprint density at radius 1 is 0.909 bits per heavy atom. The van der Waals surface area contributed by atoms with Gasteiger partial charge >= 0.3 is 12.4 Å². The van der Waals surface area contributed by atoms with Crippen LogP contribution in [0.15, 0.2) is 42.5 Å². The lowest BCUT2D eigenvalue weighted by atomic mass is 9.74. The maximum Gasteiger partial charge on any atom is 0.416 e. The molecule has 3 nitrogen and oxygen atoms in total. The van der Waals surface area contributed by atoms with Crippen LogP contribution in [0.2, 0.25) is 18.1 Å². The lowest BCUT2D eigenvalue weighted by Crippen LogP contribution is -2.44. The second-order valence-electron chi connectivity index (χ2n) is 14.1. The highest BCUT2D eigenvalue weighted by Crippen LogP contribution is 2.55. The Balaban J connectivity index is 1.61. The van der Waals surface area contributed by atoms with Crippen molar-refractivity contribution in [3.8, 4) is 0 Å². The molecule has 246 valence electrons. The molecule has 5 atom stereocenters. The van der Waals surface area contributed by atoms with E-state index in [1.165, 1.54) is 12.1 Å². The van der Waals surface area contributed by atoms with Crippen LogP contribution in [0.4, 0.5) is 30.7 Å². The molecule has 0 radical (unpaired) electrons. The molecule has 11 heteroatoms. The van der Waals surface area contributed by atoms with Crippen molar-refractivity contribution in [3.63, 3.8) is 0 Å². The summed E-state index contributed by atoms with van der Waals surface area (Å²) in [5.74, 6) is -0.269. The van der Waals surface area contributed by atoms with E-state index in [9.17, 15) is 35.8 Å². The van der Waals surface area contributed by atoms with Crippen molar-refractivity contribution in [3.05, 3.63) is 70.5 Å². The quantitative estimate of drug-likeness (QED) is 0.217. The van der Waals surface area contributed by atoms with E-state index < -0.39 is 55.7 Å². The van der Waals surface area contributed by atoms with Crippen LogP contribution in [-0.4, -0.2) is 32.2 Å². The summed E-state index contributed by atoms with van der Waals surface area (Å²) in [7, 11) is -1.98. The summed E-state index contributed by atoms with van der Waals surface area (Å²) < 4.78 is 108. The first-order chi connectivity index (χ1) is 20.2. The van der Waals surface area contributed by atoms with E-state index in [0.29, 0.717) is 25.2 Å². The van der Waals surface area contributed by atoms with Crippen LogP contribution in [-0.2, 0) is 21.5 Å². The first-order valence-electron chi connectivity index (χ1n) is 15.2. The lowest BCUT2D eigenvalue weighted by molar-refractivity contribution is -0.143. The van der Waals surface area contributed by atoms with Crippen LogP contribution in [0, 0.1) is 17.7 Å². The first-order valence-corrected chi connectivity index (χ1v) is 18.1. The van der Waals surface area contributed by atoms with Gasteiger partial charge in [-0.1, -0.05) is 32.9 Å². The zero-order valence-electron chi connectivity index (χ0n) is 25.9. The first kappa shape index (κ1) is 34.9. The largest absolute Gasteiger partial charge is 0.417 e. The van der Waals surface area contributed by atoms with E-state index in [1.54, 1.807) is 12.1 Å². The van der Waals surface area contributed by atoms with Gasteiger partial charge in [0, 0.05) is 12.5 Å². The van der Waals surface area contributed by atoms with E-state index >= 15 is 0 Å². The molecular weight excluding hydrogens is 605 g/mol. The van der Waals surface area contributed by atoms with Crippen molar-refractivity contribution in [2.75, 3.05) is 13.2 Å². The topological polar surface area (TPSA) is 38.7 Å². The summed E-state index contributed by atoms with van der Waals surface area (Å²) in [4.78, 5) is 0. The van der Waals surface area contributed by atoms with Gasteiger partial charge in [0.05, 0.1) is 23.3 Å². The molecule has 4 rings (SSSR count). The van der Waals surface area contributed by atoms with Gasteiger partial charge in [0.15, 0.2) is 8.32 Å². The molecule has 0 saturated heterocycles. The van der Waals surface area contributed by atoms with Gasteiger partial charge in [-0.2, -0.15) is 26.3 Å². The van der Waals surface area contributed by atoms with Gasteiger partial charge in [-0.15, -0.1) is 0 Å². The molecule has 2 fully saturated rings. The third-order valence-electron chi connectivity index (χ3n) is 10.1. The van der Waals surface area contributed by atoms with Crippen LogP contribution in [0.1, 0.15) is 93.6 Å². The number of aliphatic hydroxyl groups excluding tert-OH is 1. The second kappa shape index (κ2) is 12.7. The third-order valence-corrected chi connectivity index (χ3v) is 14.6. The van der Waals surface area contributed by atoms with E-state index in [4.69, 9.17) is 9.16 Å². The highest BCUT2D eigenvalue weighted by atomic mass is 28.4. The number of alkyl halides is 6. The minimum absolute atomic E-state index is 0.0208. The minimum Gasteiger partial charge on any atom is -0.417 e. The van der Waals surface area contributed by atoms with E-state index in [1.807, 2.05) is 0 Å². The SMILES string of the molecule is CC(C)(C)[Si](C)(C)OCC1CCC(C2(OC[C@@H](O)c3cc(C(F)(F)F)cc(C(F)(F)F)c3)CCCC2c2ccc(F)cc2)C1. The van der Waals surface area contributed by atoms with Gasteiger partial charge in [0.1, 0.15) is 11.9 Å². The Bertz CT molecular complexity index is 1240. The fourth-order valence-electron chi connectivity index (χ4n) is 6.64. The maximum atomic E-state index is 13.8. The average Bonchev–Trinajstić information content (AvgIpc) is 3.57. The van der Waals surface area contributed by atoms with Gasteiger partial charge in [0.2, 0.25) is 0 Å². The Morgan fingerprint density at radius 2 is 1.50 bits per heavy atom. The number of halogens is 7. The molecule has 0 spiro atoms. The number of hydrogen-bond donors (Lipinski definition) is 1. The molecular formula is C33H43F7O3Si. The molecule has 2 aliphatic rings. The van der Waals surface area contributed by atoms with Crippen molar-refractivity contribution in [2.24, 2.45) is 11.8 Å². The molecule has 4 unspecified atom stereocenters. The van der Waals surface area contributed by atoms with E-state index in [-0.39, 0.29) is 34.7 Å². The Hall–Kier alpha value is -1.95. The molecule has 2 aliphatic carbocycles. The van der Waals surface area contributed by atoms with Crippen molar-refractivity contribution in [1.29, 1.82) is 0 Å². The summed E-state index contributed by atoms with van der Waals surface area (Å²) in [6.45, 7) is 11.1. The van der Waals surface area contributed by atoms with Crippen molar-refractivity contribution in [2.45, 2.75) is 107 Å². The minimum atomic E-state index is -5.03.